The van der Waals surface area contributed by atoms with E-state index < -0.39 is 5.54 Å². The third-order valence-electron chi connectivity index (χ3n) is 4.33. The Hall–Kier alpha value is -2.89. The smallest absolute Gasteiger partial charge is 0.319 e. The van der Waals surface area contributed by atoms with Gasteiger partial charge in [-0.1, -0.05) is 6.07 Å². The van der Waals surface area contributed by atoms with E-state index in [0.29, 0.717) is 19.0 Å². The molecule has 0 bridgehead atoms. The Morgan fingerprint density at radius 3 is 2.31 bits per heavy atom. The minimum absolute atomic E-state index is 0.262. The molecule has 2 N–H and O–H groups in total. The van der Waals surface area contributed by atoms with Crippen molar-refractivity contribution >= 4 is 17.4 Å². The van der Waals surface area contributed by atoms with Crippen LogP contribution in [0.25, 0.3) is 0 Å². The Balaban J connectivity index is 1.67. The summed E-state index contributed by atoms with van der Waals surface area (Å²) in [5.74, 6) is 1.45. The Kier molecular flexibility index (Phi) is 4.93. The second kappa shape index (κ2) is 7.15. The molecule has 6 heteroatoms. The summed E-state index contributed by atoms with van der Waals surface area (Å²) < 4.78 is 11.2. The zero-order valence-corrected chi connectivity index (χ0v) is 15.6. The van der Waals surface area contributed by atoms with Gasteiger partial charge >= 0.3 is 6.03 Å². The highest BCUT2D eigenvalue weighted by Gasteiger charge is 2.25. The molecule has 1 heterocycles. The van der Waals surface area contributed by atoms with Gasteiger partial charge in [0.2, 0.25) is 0 Å². The van der Waals surface area contributed by atoms with Gasteiger partial charge in [-0.05, 0) is 55.8 Å². The molecule has 0 saturated heterocycles. The Morgan fingerprint density at radius 1 is 1.00 bits per heavy atom. The molecule has 138 valence electrons. The molecular weight excluding hydrogens is 330 g/mol. The topological polar surface area (TPSA) is 62.8 Å². The minimum Gasteiger partial charge on any atom is -0.486 e. The van der Waals surface area contributed by atoms with E-state index >= 15 is 0 Å². The molecule has 0 spiro atoms. The summed E-state index contributed by atoms with van der Waals surface area (Å²) in [6.45, 7) is 5.00. The average Bonchev–Trinajstić information content (AvgIpc) is 2.61. The number of nitrogens with one attached hydrogen (secondary N) is 2. The van der Waals surface area contributed by atoms with Crippen LogP contribution in [0.3, 0.4) is 0 Å². The largest absolute Gasteiger partial charge is 0.486 e. The maximum absolute atomic E-state index is 12.4. The molecule has 0 aliphatic carbocycles. The second-order valence-corrected chi connectivity index (χ2v) is 7.00. The summed E-state index contributed by atoms with van der Waals surface area (Å²) >= 11 is 0. The van der Waals surface area contributed by atoms with E-state index in [1.807, 2.05) is 75.3 Å². The van der Waals surface area contributed by atoms with Crippen molar-refractivity contribution in [3.63, 3.8) is 0 Å². The predicted molar refractivity (Wildman–Crippen MR) is 103 cm³/mol. The first-order valence-electron chi connectivity index (χ1n) is 8.62. The van der Waals surface area contributed by atoms with E-state index in [1.165, 1.54) is 0 Å². The number of urea groups is 1. The molecule has 0 fully saturated rings. The molecule has 0 unspecified atom stereocenters. The lowest BCUT2D eigenvalue weighted by molar-refractivity contribution is 0.171. The van der Waals surface area contributed by atoms with Gasteiger partial charge in [0, 0.05) is 25.5 Å². The summed E-state index contributed by atoms with van der Waals surface area (Å²) in [5, 5.41) is 5.88. The number of hydrogen-bond donors (Lipinski definition) is 2. The Labute approximate surface area is 154 Å². The molecule has 0 saturated carbocycles. The van der Waals surface area contributed by atoms with E-state index in [2.05, 4.69) is 10.6 Å². The molecular formula is C20H25N3O3. The molecule has 26 heavy (non-hydrogen) atoms. The third-order valence-corrected chi connectivity index (χ3v) is 4.33. The van der Waals surface area contributed by atoms with Gasteiger partial charge in [0.05, 0.1) is 5.54 Å². The summed E-state index contributed by atoms with van der Waals surface area (Å²) in [6, 6.07) is 13.2. The molecule has 2 amide bonds. The molecule has 1 aliphatic rings. The SMILES string of the molecule is CN(C)c1ccc(NC(=O)NC(C)(C)c2ccc3c(c2)OCCO3)cc1. The fraction of sp³-hybridized carbons (Fsp3) is 0.350. The monoisotopic (exact) mass is 355 g/mol. The minimum atomic E-state index is -0.566. The highest BCUT2D eigenvalue weighted by molar-refractivity contribution is 5.90. The number of ether oxygens (including phenoxy) is 2. The van der Waals surface area contributed by atoms with Crippen molar-refractivity contribution in [3.8, 4) is 11.5 Å². The van der Waals surface area contributed by atoms with Crippen LogP contribution >= 0.6 is 0 Å². The normalized spacial score (nSPS) is 13.1. The number of nitrogens with zero attached hydrogens (tertiary/aromatic N) is 1. The number of carbonyl (C=O) groups excluding carboxylic acids is 1. The highest BCUT2D eigenvalue weighted by atomic mass is 16.6. The maximum atomic E-state index is 12.4. The lowest BCUT2D eigenvalue weighted by Gasteiger charge is -2.28. The first-order valence-corrected chi connectivity index (χ1v) is 8.62. The summed E-state index contributed by atoms with van der Waals surface area (Å²) in [5.41, 5.74) is 2.20. The number of anilines is 2. The average molecular weight is 355 g/mol. The zero-order chi connectivity index (χ0) is 18.7. The summed E-state index contributed by atoms with van der Waals surface area (Å²) in [4.78, 5) is 14.4. The second-order valence-electron chi connectivity index (χ2n) is 7.00. The van der Waals surface area contributed by atoms with E-state index in [-0.39, 0.29) is 6.03 Å². The fourth-order valence-corrected chi connectivity index (χ4v) is 2.79. The van der Waals surface area contributed by atoms with Crippen LogP contribution in [0.1, 0.15) is 19.4 Å². The zero-order valence-electron chi connectivity index (χ0n) is 15.6. The van der Waals surface area contributed by atoms with Gasteiger partial charge in [-0.25, -0.2) is 4.79 Å². The molecule has 2 aromatic carbocycles. The molecule has 2 aromatic rings. The van der Waals surface area contributed by atoms with Crippen molar-refractivity contribution in [3.05, 3.63) is 48.0 Å². The van der Waals surface area contributed by atoms with E-state index in [0.717, 1.165) is 22.7 Å². The first-order chi connectivity index (χ1) is 12.3. The van der Waals surface area contributed by atoms with Crippen LogP contribution in [-0.2, 0) is 5.54 Å². The molecule has 0 aromatic heterocycles. The molecule has 1 aliphatic heterocycles. The highest BCUT2D eigenvalue weighted by Crippen LogP contribution is 2.34. The predicted octanol–water partition coefficient (Wildman–Crippen LogP) is 3.58. The van der Waals surface area contributed by atoms with Gasteiger partial charge in [-0.2, -0.15) is 0 Å². The maximum Gasteiger partial charge on any atom is 0.319 e. The summed E-state index contributed by atoms with van der Waals surface area (Å²) in [7, 11) is 3.95. The van der Waals surface area contributed by atoms with Crippen LogP contribution in [0.15, 0.2) is 42.5 Å². The van der Waals surface area contributed by atoms with Gasteiger partial charge < -0.3 is 25.0 Å². The third kappa shape index (κ3) is 4.02. The van der Waals surface area contributed by atoms with Crippen molar-refractivity contribution in [2.45, 2.75) is 19.4 Å². The molecule has 0 radical (unpaired) electrons. The van der Waals surface area contributed by atoms with Crippen LogP contribution in [-0.4, -0.2) is 33.3 Å². The van der Waals surface area contributed by atoms with Crippen LogP contribution in [0.2, 0.25) is 0 Å². The van der Waals surface area contributed by atoms with Crippen molar-refractivity contribution in [2.24, 2.45) is 0 Å². The molecule has 3 rings (SSSR count). The van der Waals surface area contributed by atoms with Gasteiger partial charge in [0.15, 0.2) is 11.5 Å². The van der Waals surface area contributed by atoms with E-state index in [9.17, 15) is 4.79 Å². The van der Waals surface area contributed by atoms with Crippen LogP contribution < -0.4 is 25.0 Å². The van der Waals surface area contributed by atoms with Crippen molar-refractivity contribution in [1.29, 1.82) is 0 Å². The number of rotatable bonds is 4. The van der Waals surface area contributed by atoms with Gasteiger partial charge in [0.1, 0.15) is 13.2 Å². The van der Waals surface area contributed by atoms with Gasteiger partial charge in [-0.3, -0.25) is 0 Å². The number of hydrogen-bond acceptors (Lipinski definition) is 4. The summed E-state index contributed by atoms with van der Waals surface area (Å²) in [6.07, 6.45) is 0. The quantitative estimate of drug-likeness (QED) is 0.880. The number of carbonyl (C=O) groups is 1. The molecule has 0 atom stereocenters. The van der Waals surface area contributed by atoms with Gasteiger partial charge in [-0.15, -0.1) is 0 Å². The van der Waals surface area contributed by atoms with Crippen molar-refractivity contribution < 1.29 is 14.3 Å². The van der Waals surface area contributed by atoms with Crippen LogP contribution in [0.5, 0.6) is 11.5 Å². The Morgan fingerprint density at radius 2 is 1.65 bits per heavy atom. The number of amides is 2. The van der Waals surface area contributed by atoms with Crippen molar-refractivity contribution in [2.75, 3.05) is 37.5 Å². The lowest BCUT2D eigenvalue weighted by Crippen LogP contribution is -2.43. The van der Waals surface area contributed by atoms with Crippen LogP contribution in [0, 0.1) is 0 Å². The van der Waals surface area contributed by atoms with Crippen molar-refractivity contribution in [1.82, 2.24) is 5.32 Å². The van der Waals surface area contributed by atoms with E-state index in [4.69, 9.17) is 9.47 Å². The fourth-order valence-electron chi connectivity index (χ4n) is 2.79. The standard InChI is InChI=1S/C20H25N3O3/c1-20(2,14-5-10-17-18(13-14)26-12-11-25-17)22-19(24)21-15-6-8-16(9-7-15)23(3)4/h5-10,13H,11-12H2,1-4H3,(H2,21,22,24). The first kappa shape index (κ1) is 17.9. The number of fused-ring (bicyclic) bond motifs is 1. The van der Waals surface area contributed by atoms with Crippen LogP contribution in [0.4, 0.5) is 16.2 Å². The number of benzene rings is 2. The van der Waals surface area contributed by atoms with E-state index in [1.54, 1.807) is 0 Å². The van der Waals surface area contributed by atoms with Gasteiger partial charge in [0.25, 0.3) is 0 Å². The lowest BCUT2D eigenvalue weighted by atomic mass is 9.94. The molecule has 6 nitrogen and oxygen atoms in total. The Bertz CT molecular complexity index is 785.